The first-order valence-corrected chi connectivity index (χ1v) is 10.00. The quantitative estimate of drug-likeness (QED) is 0.613. The molecular formula is C18H14F2N4O5S. The van der Waals surface area contributed by atoms with Gasteiger partial charge in [-0.05, 0) is 18.2 Å². The average Bonchev–Trinajstić information content (AvgIpc) is 2.70. The van der Waals surface area contributed by atoms with E-state index in [0.717, 1.165) is 0 Å². The first kappa shape index (κ1) is 19.9. The molecule has 9 nitrogen and oxygen atoms in total. The third-order valence-electron chi connectivity index (χ3n) is 4.56. The second-order valence-electron chi connectivity index (χ2n) is 6.41. The lowest BCUT2D eigenvalue weighted by Crippen LogP contribution is -2.34. The van der Waals surface area contributed by atoms with Gasteiger partial charge in [0.15, 0.2) is 12.4 Å². The highest BCUT2D eigenvalue weighted by molar-refractivity contribution is 7.89. The molecule has 0 fully saturated rings. The van der Waals surface area contributed by atoms with Crippen LogP contribution in [-0.4, -0.2) is 38.2 Å². The molecule has 0 saturated carbocycles. The lowest BCUT2D eigenvalue weighted by molar-refractivity contribution is 0.0478. The van der Waals surface area contributed by atoms with Crippen LogP contribution in [0, 0.1) is 11.6 Å². The Bertz CT molecular complexity index is 1280. The summed E-state index contributed by atoms with van der Waals surface area (Å²) in [5, 5.41) is 5.39. The number of halogens is 2. The van der Waals surface area contributed by atoms with Gasteiger partial charge >= 0.3 is 5.97 Å². The van der Waals surface area contributed by atoms with Gasteiger partial charge in [-0.3, -0.25) is 0 Å². The molecule has 1 aromatic carbocycles. The van der Waals surface area contributed by atoms with Crippen LogP contribution in [-0.2, 0) is 21.3 Å². The minimum atomic E-state index is -4.28. The lowest BCUT2D eigenvalue weighted by Gasteiger charge is -2.31. The van der Waals surface area contributed by atoms with Gasteiger partial charge in [0.2, 0.25) is 15.9 Å². The predicted octanol–water partition coefficient (Wildman–Crippen LogP) is 1.70. The molecule has 1 aliphatic heterocycles. The fourth-order valence-corrected chi connectivity index (χ4v) is 3.67. The van der Waals surface area contributed by atoms with Crippen LogP contribution < -0.4 is 14.8 Å². The molecule has 0 aliphatic carbocycles. The monoisotopic (exact) mass is 436 g/mol. The third kappa shape index (κ3) is 3.39. The molecule has 30 heavy (non-hydrogen) atoms. The Morgan fingerprint density at radius 1 is 1.27 bits per heavy atom. The normalized spacial score (nSPS) is 13.9. The first-order chi connectivity index (χ1) is 14.2. The van der Waals surface area contributed by atoms with E-state index in [-0.39, 0.29) is 24.5 Å². The maximum absolute atomic E-state index is 14.5. The van der Waals surface area contributed by atoms with Crippen LogP contribution in [0.1, 0.15) is 15.9 Å². The molecule has 0 bridgehead atoms. The van der Waals surface area contributed by atoms with E-state index < -0.39 is 38.1 Å². The average molecular weight is 436 g/mol. The molecule has 0 atom stereocenters. The number of carbonyl (C=O) groups excluding carboxylic acids is 1. The Hall–Kier alpha value is -3.38. The van der Waals surface area contributed by atoms with E-state index >= 15 is 0 Å². The van der Waals surface area contributed by atoms with E-state index in [2.05, 4.69) is 9.97 Å². The van der Waals surface area contributed by atoms with Crippen molar-refractivity contribution < 1.29 is 31.5 Å². The van der Waals surface area contributed by atoms with Gasteiger partial charge in [-0.1, -0.05) is 0 Å². The fourth-order valence-electron chi connectivity index (χ4n) is 3.14. The van der Waals surface area contributed by atoms with E-state index in [9.17, 15) is 22.0 Å². The standard InChI is InChI=1S/C18H14F2N4O5S/c1-28-15-3-2-10-16-11(6-22-17(10)23-15)18(25)29-8-24(16)7-12-13(19)4-9(5-14(12)20)30(21,26)27/h2-6H,7-8H2,1H3,(H2,21,26,27). The summed E-state index contributed by atoms with van der Waals surface area (Å²) in [5.74, 6) is -2.54. The molecule has 0 spiro atoms. The molecule has 12 heteroatoms. The van der Waals surface area contributed by atoms with E-state index in [1.807, 2.05) is 0 Å². The van der Waals surface area contributed by atoms with Crippen molar-refractivity contribution in [1.29, 1.82) is 0 Å². The largest absolute Gasteiger partial charge is 0.481 e. The summed E-state index contributed by atoms with van der Waals surface area (Å²) in [7, 11) is -2.84. The summed E-state index contributed by atoms with van der Waals surface area (Å²) in [5.41, 5.74) is 0.277. The molecule has 0 saturated heterocycles. The minimum absolute atomic E-state index is 0.0997. The number of nitrogens with two attached hydrogens (primary N) is 1. The summed E-state index contributed by atoms with van der Waals surface area (Å²) < 4.78 is 62.0. The van der Waals surface area contributed by atoms with Crippen molar-refractivity contribution in [2.24, 2.45) is 5.14 Å². The van der Waals surface area contributed by atoms with Gasteiger partial charge in [0.05, 0.1) is 24.2 Å². The Labute approximate surface area is 169 Å². The Morgan fingerprint density at radius 2 is 1.97 bits per heavy atom. The molecule has 1 aliphatic rings. The summed E-state index contributed by atoms with van der Waals surface area (Å²) in [4.78, 5) is 21.2. The van der Waals surface area contributed by atoms with Crippen molar-refractivity contribution in [3.05, 3.63) is 53.2 Å². The van der Waals surface area contributed by atoms with Crippen molar-refractivity contribution in [2.75, 3.05) is 18.7 Å². The van der Waals surface area contributed by atoms with Gasteiger partial charge in [0.1, 0.15) is 17.2 Å². The number of aromatic nitrogens is 2. The number of nitrogens with zero attached hydrogens (tertiary/aromatic N) is 3. The fraction of sp³-hybridized carbons (Fsp3) is 0.167. The van der Waals surface area contributed by atoms with Crippen LogP contribution in [0.15, 0.2) is 35.4 Å². The zero-order chi connectivity index (χ0) is 21.6. The SMILES string of the molecule is COc1ccc2c3c(cnc2n1)C(=O)OCN3Cc1c(F)cc(S(N)(=O)=O)cc1F. The number of rotatable bonds is 4. The van der Waals surface area contributed by atoms with Crippen molar-refractivity contribution >= 4 is 32.7 Å². The van der Waals surface area contributed by atoms with Gasteiger partial charge < -0.3 is 14.4 Å². The van der Waals surface area contributed by atoms with Gasteiger partial charge in [-0.15, -0.1) is 0 Å². The van der Waals surface area contributed by atoms with E-state index in [4.69, 9.17) is 14.6 Å². The molecule has 3 aromatic rings. The maximum Gasteiger partial charge on any atom is 0.343 e. The van der Waals surface area contributed by atoms with E-state index in [0.29, 0.717) is 29.1 Å². The van der Waals surface area contributed by atoms with Crippen LogP contribution in [0.2, 0.25) is 0 Å². The van der Waals surface area contributed by atoms with E-state index in [1.165, 1.54) is 18.2 Å². The first-order valence-electron chi connectivity index (χ1n) is 8.45. The number of hydrogen-bond acceptors (Lipinski definition) is 8. The number of sulfonamides is 1. The van der Waals surface area contributed by atoms with Crippen molar-refractivity contribution in [3.63, 3.8) is 0 Å². The number of pyridine rings is 2. The lowest BCUT2D eigenvalue weighted by atomic mass is 10.1. The van der Waals surface area contributed by atoms with Crippen LogP contribution >= 0.6 is 0 Å². The van der Waals surface area contributed by atoms with Crippen LogP contribution in [0.5, 0.6) is 5.88 Å². The van der Waals surface area contributed by atoms with Crippen molar-refractivity contribution in [1.82, 2.24) is 9.97 Å². The maximum atomic E-state index is 14.5. The Kier molecular flexibility index (Phi) is 4.74. The summed E-state index contributed by atoms with van der Waals surface area (Å²) >= 11 is 0. The molecule has 2 aromatic heterocycles. The molecule has 0 amide bonds. The number of ether oxygens (including phenoxy) is 2. The predicted molar refractivity (Wildman–Crippen MR) is 100 cm³/mol. The molecule has 156 valence electrons. The third-order valence-corrected chi connectivity index (χ3v) is 5.46. The summed E-state index contributed by atoms with van der Waals surface area (Å²) in [6, 6.07) is 4.46. The highest BCUT2D eigenvalue weighted by Crippen LogP contribution is 2.35. The van der Waals surface area contributed by atoms with Gasteiger partial charge in [0, 0.05) is 23.2 Å². The number of benzene rings is 1. The molecular weight excluding hydrogens is 422 g/mol. The van der Waals surface area contributed by atoms with Gasteiger partial charge in [0.25, 0.3) is 0 Å². The number of methoxy groups -OCH3 is 1. The number of anilines is 1. The second-order valence-corrected chi connectivity index (χ2v) is 7.98. The second kappa shape index (κ2) is 7.15. The Balaban J connectivity index is 1.82. The topological polar surface area (TPSA) is 125 Å². The smallest absolute Gasteiger partial charge is 0.343 e. The number of fused-ring (bicyclic) bond motifs is 3. The summed E-state index contributed by atoms with van der Waals surface area (Å²) in [6.45, 7) is -0.638. The van der Waals surface area contributed by atoms with Crippen molar-refractivity contribution in [3.8, 4) is 5.88 Å². The van der Waals surface area contributed by atoms with Gasteiger partial charge in [-0.2, -0.15) is 4.98 Å². The van der Waals surface area contributed by atoms with Crippen molar-refractivity contribution in [2.45, 2.75) is 11.4 Å². The number of primary sulfonamides is 1. The number of cyclic esters (lactones) is 1. The van der Waals surface area contributed by atoms with Crippen LogP contribution in [0.4, 0.5) is 14.5 Å². The van der Waals surface area contributed by atoms with E-state index in [1.54, 1.807) is 12.1 Å². The van der Waals surface area contributed by atoms with Crippen LogP contribution in [0.25, 0.3) is 11.0 Å². The highest BCUT2D eigenvalue weighted by atomic mass is 32.2. The molecule has 0 unspecified atom stereocenters. The summed E-state index contributed by atoms with van der Waals surface area (Å²) in [6.07, 6.45) is 1.26. The molecule has 2 N–H and O–H groups in total. The van der Waals surface area contributed by atoms with Crippen LogP contribution in [0.3, 0.4) is 0 Å². The number of esters is 1. The number of carbonyl (C=O) groups is 1. The zero-order valence-electron chi connectivity index (χ0n) is 15.4. The zero-order valence-corrected chi connectivity index (χ0v) is 16.2. The molecule has 4 rings (SSSR count). The number of hydrogen-bond donors (Lipinski definition) is 1. The minimum Gasteiger partial charge on any atom is -0.481 e. The van der Waals surface area contributed by atoms with Gasteiger partial charge in [-0.25, -0.2) is 32.1 Å². The highest BCUT2D eigenvalue weighted by Gasteiger charge is 2.29. The Morgan fingerprint density at radius 3 is 2.60 bits per heavy atom. The molecule has 3 heterocycles. The molecule has 0 radical (unpaired) electrons.